The summed E-state index contributed by atoms with van der Waals surface area (Å²) >= 11 is 0. The van der Waals surface area contributed by atoms with Gasteiger partial charge in [-0.15, -0.1) is 6.58 Å². The molecule has 0 spiro atoms. The summed E-state index contributed by atoms with van der Waals surface area (Å²) < 4.78 is 16.4. The van der Waals surface area contributed by atoms with Gasteiger partial charge in [0.25, 0.3) is 5.91 Å². The van der Waals surface area contributed by atoms with E-state index in [1.807, 2.05) is 66.7 Å². The van der Waals surface area contributed by atoms with Crippen molar-refractivity contribution in [2.75, 3.05) is 19.9 Å². The highest BCUT2D eigenvalue weighted by atomic mass is 16.7. The minimum atomic E-state index is -0.237. The maximum atomic E-state index is 13.6. The van der Waals surface area contributed by atoms with E-state index in [9.17, 15) is 9.59 Å². The number of nitrogens with zero attached hydrogens (tertiary/aromatic N) is 2. The van der Waals surface area contributed by atoms with E-state index in [0.29, 0.717) is 29.4 Å². The van der Waals surface area contributed by atoms with Crippen molar-refractivity contribution in [2.24, 2.45) is 0 Å². The van der Waals surface area contributed by atoms with Crippen LogP contribution in [0.25, 0.3) is 11.1 Å². The van der Waals surface area contributed by atoms with Crippen LogP contribution in [0.4, 0.5) is 0 Å². The summed E-state index contributed by atoms with van der Waals surface area (Å²) in [4.78, 5) is 30.1. The van der Waals surface area contributed by atoms with E-state index in [0.717, 1.165) is 16.7 Å². The lowest BCUT2D eigenvalue weighted by Gasteiger charge is -2.27. The number of fused-ring (bicyclic) bond motifs is 1. The minimum absolute atomic E-state index is 0.101. The van der Waals surface area contributed by atoms with Gasteiger partial charge in [0, 0.05) is 18.7 Å². The van der Waals surface area contributed by atoms with E-state index in [2.05, 4.69) is 6.58 Å². The molecule has 0 saturated carbocycles. The van der Waals surface area contributed by atoms with Crippen molar-refractivity contribution in [3.8, 4) is 22.6 Å². The van der Waals surface area contributed by atoms with Gasteiger partial charge in [0.2, 0.25) is 12.7 Å². The Balaban J connectivity index is 1.32. The van der Waals surface area contributed by atoms with Crippen LogP contribution in [0.5, 0.6) is 11.5 Å². The molecule has 0 atom stereocenters. The lowest BCUT2D eigenvalue weighted by molar-refractivity contribution is -0.133. The smallest absolute Gasteiger partial charge is 0.254 e. The van der Waals surface area contributed by atoms with Gasteiger partial charge in [-0.05, 0) is 53.1 Å². The molecule has 0 bridgehead atoms. The van der Waals surface area contributed by atoms with Gasteiger partial charge in [-0.3, -0.25) is 9.59 Å². The van der Waals surface area contributed by atoms with Crippen molar-refractivity contribution in [1.29, 1.82) is 0 Å². The van der Waals surface area contributed by atoms with Gasteiger partial charge in [-0.2, -0.15) is 0 Å². The molecule has 1 aromatic heterocycles. The normalized spacial score (nSPS) is 11.7. The summed E-state index contributed by atoms with van der Waals surface area (Å²) in [6, 6.07) is 26.6. The lowest BCUT2D eigenvalue weighted by Crippen LogP contribution is -2.42. The molecule has 0 radical (unpaired) electrons. The van der Waals surface area contributed by atoms with Gasteiger partial charge < -0.3 is 23.7 Å². The van der Waals surface area contributed by atoms with E-state index >= 15 is 0 Å². The van der Waals surface area contributed by atoms with Gasteiger partial charge in [0.1, 0.15) is 12.3 Å². The highest BCUT2D eigenvalue weighted by Gasteiger charge is 2.24. The summed E-state index contributed by atoms with van der Waals surface area (Å²) in [6.45, 7) is 4.69. The summed E-state index contributed by atoms with van der Waals surface area (Å²) in [6.07, 6.45) is 3.20. The molecular weight excluding hydrogens is 480 g/mol. The van der Waals surface area contributed by atoms with Gasteiger partial charge in [-0.1, -0.05) is 54.6 Å². The van der Waals surface area contributed by atoms with E-state index in [4.69, 9.17) is 13.9 Å². The summed E-state index contributed by atoms with van der Waals surface area (Å²) in [7, 11) is 0. The van der Waals surface area contributed by atoms with Crippen molar-refractivity contribution in [2.45, 2.75) is 13.1 Å². The second kappa shape index (κ2) is 11.5. The van der Waals surface area contributed by atoms with Crippen molar-refractivity contribution in [1.82, 2.24) is 9.80 Å². The van der Waals surface area contributed by atoms with Gasteiger partial charge in [0.15, 0.2) is 11.5 Å². The fourth-order valence-corrected chi connectivity index (χ4v) is 4.34. The molecule has 0 saturated heterocycles. The standard InChI is InChI=1S/C31H28N2O5/c1-2-16-32(31(35)26-13-11-25(12-14-26)24-7-4-3-5-8-24)21-30(34)33(20-27-9-6-17-36-27)19-23-10-15-28-29(18-23)38-22-37-28/h2-15,17-18H,1,16,19-22H2. The fourth-order valence-electron chi connectivity index (χ4n) is 4.34. The molecule has 1 aliphatic heterocycles. The molecule has 7 nitrogen and oxygen atoms in total. The van der Waals surface area contributed by atoms with Crippen molar-refractivity contribution < 1.29 is 23.5 Å². The predicted molar refractivity (Wildman–Crippen MR) is 144 cm³/mol. The van der Waals surface area contributed by atoms with Crippen LogP contribution in [-0.4, -0.2) is 41.5 Å². The number of amides is 2. The predicted octanol–water partition coefficient (Wildman–Crippen LogP) is 5.53. The molecule has 0 fully saturated rings. The first-order chi connectivity index (χ1) is 18.6. The first-order valence-electron chi connectivity index (χ1n) is 12.3. The van der Waals surface area contributed by atoms with E-state index in [1.54, 1.807) is 35.4 Å². The number of ether oxygens (including phenoxy) is 2. The molecule has 0 aliphatic carbocycles. The number of hydrogen-bond donors (Lipinski definition) is 0. The Labute approximate surface area is 221 Å². The molecule has 4 aromatic rings. The van der Waals surface area contributed by atoms with Crippen LogP contribution in [0, 0.1) is 0 Å². The Hall–Kier alpha value is -4.78. The highest BCUT2D eigenvalue weighted by Crippen LogP contribution is 2.33. The van der Waals surface area contributed by atoms with Crippen molar-refractivity contribution in [3.05, 3.63) is 121 Å². The van der Waals surface area contributed by atoms with Crippen molar-refractivity contribution in [3.63, 3.8) is 0 Å². The monoisotopic (exact) mass is 508 g/mol. The summed E-state index contributed by atoms with van der Waals surface area (Å²) in [5, 5.41) is 0. The molecule has 2 heterocycles. The quantitative estimate of drug-likeness (QED) is 0.263. The van der Waals surface area contributed by atoms with Crippen LogP contribution in [0.1, 0.15) is 21.7 Å². The third kappa shape index (κ3) is 5.78. The zero-order valence-electron chi connectivity index (χ0n) is 20.9. The Kier molecular flexibility index (Phi) is 7.54. The Morgan fingerprint density at radius 3 is 2.32 bits per heavy atom. The molecular formula is C31H28N2O5. The molecule has 3 aromatic carbocycles. The zero-order chi connectivity index (χ0) is 26.3. The number of hydrogen-bond acceptors (Lipinski definition) is 5. The lowest BCUT2D eigenvalue weighted by atomic mass is 10.0. The number of rotatable bonds is 10. The Bertz CT molecular complexity index is 1400. The third-order valence-electron chi connectivity index (χ3n) is 6.29. The van der Waals surface area contributed by atoms with Crippen molar-refractivity contribution >= 4 is 11.8 Å². The number of benzene rings is 3. The second-order valence-electron chi connectivity index (χ2n) is 8.93. The van der Waals surface area contributed by atoms with Crippen LogP contribution >= 0.6 is 0 Å². The SMILES string of the molecule is C=CCN(CC(=O)N(Cc1ccc2c(c1)OCO2)Cc1ccco1)C(=O)c1ccc(-c2ccccc2)cc1. The molecule has 38 heavy (non-hydrogen) atoms. The van der Waals surface area contributed by atoms with Crippen LogP contribution < -0.4 is 9.47 Å². The second-order valence-corrected chi connectivity index (χ2v) is 8.93. The number of furan rings is 1. The largest absolute Gasteiger partial charge is 0.467 e. The zero-order valence-corrected chi connectivity index (χ0v) is 20.9. The highest BCUT2D eigenvalue weighted by molar-refractivity contribution is 5.97. The maximum Gasteiger partial charge on any atom is 0.254 e. The van der Waals surface area contributed by atoms with Crippen LogP contribution in [0.3, 0.4) is 0 Å². The maximum absolute atomic E-state index is 13.6. The van der Waals surface area contributed by atoms with Crippen LogP contribution in [-0.2, 0) is 17.9 Å². The Morgan fingerprint density at radius 1 is 0.816 bits per heavy atom. The first kappa shape index (κ1) is 24.9. The number of carbonyl (C=O) groups is 2. The Morgan fingerprint density at radius 2 is 1.58 bits per heavy atom. The first-order valence-corrected chi connectivity index (χ1v) is 12.3. The molecule has 7 heteroatoms. The molecule has 0 unspecified atom stereocenters. The summed E-state index contributed by atoms with van der Waals surface area (Å²) in [5.41, 5.74) is 3.48. The van der Waals surface area contributed by atoms with Gasteiger partial charge >= 0.3 is 0 Å². The molecule has 192 valence electrons. The van der Waals surface area contributed by atoms with Gasteiger partial charge in [0.05, 0.1) is 12.8 Å². The molecule has 1 aliphatic rings. The molecule has 0 N–H and O–H groups in total. The van der Waals surface area contributed by atoms with E-state index in [-0.39, 0.29) is 38.2 Å². The van der Waals surface area contributed by atoms with Gasteiger partial charge in [-0.25, -0.2) is 0 Å². The van der Waals surface area contributed by atoms with Crippen LogP contribution in [0.15, 0.2) is 108 Å². The summed E-state index contributed by atoms with van der Waals surface area (Å²) in [5.74, 6) is 1.53. The van der Waals surface area contributed by atoms with E-state index in [1.165, 1.54) is 4.90 Å². The minimum Gasteiger partial charge on any atom is -0.467 e. The number of carbonyl (C=O) groups excluding carboxylic acids is 2. The third-order valence-corrected chi connectivity index (χ3v) is 6.29. The fraction of sp³-hybridized carbons (Fsp3) is 0.161. The average Bonchev–Trinajstić information content (AvgIpc) is 3.64. The molecule has 2 amide bonds. The molecule has 5 rings (SSSR count). The average molecular weight is 509 g/mol. The van der Waals surface area contributed by atoms with Crippen LogP contribution in [0.2, 0.25) is 0 Å². The topological polar surface area (TPSA) is 72.2 Å². The van der Waals surface area contributed by atoms with E-state index < -0.39 is 0 Å².